The van der Waals surface area contributed by atoms with E-state index in [9.17, 15) is 27.6 Å². The van der Waals surface area contributed by atoms with Gasteiger partial charge in [-0.2, -0.15) is 13.2 Å². The minimum Gasteiger partial charge on any atom is -0.497 e. The van der Waals surface area contributed by atoms with Gasteiger partial charge in [0, 0.05) is 35.7 Å². The van der Waals surface area contributed by atoms with E-state index >= 15 is 0 Å². The number of halogens is 3. The quantitative estimate of drug-likeness (QED) is 0.0409. The van der Waals surface area contributed by atoms with E-state index in [4.69, 9.17) is 28.6 Å². The largest absolute Gasteiger partial charge is 0.497 e. The van der Waals surface area contributed by atoms with Crippen molar-refractivity contribution in [3.63, 3.8) is 0 Å². The summed E-state index contributed by atoms with van der Waals surface area (Å²) in [5, 5.41) is 6.72. The predicted molar refractivity (Wildman–Crippen MR) is 248 cm³/mol. The maximum atomic E-state index is 12.4. The smallest absolute Gasteiger partial charge is 0.446 e. The number of nitrogens with two attached hydrogens (primary N) is 1. The summed E-state index contributed by atoms with van der Waals surface area (Å²) in [6.45, 7) is 5.68. The number of ketones is 2. The fourth-order valence-electron chi connectivity index (χ4n) is 5.19. The zero-order valence-corrected chi connectivity index (χ0v) is 37.8. The van der Waals surface area contributed by atoms with E-state index in [1.54, 1.807) is 52.5 Å². The summed E-state index contributed by atoms with van der Waals surface area (Å²) in [5.74, 6) is 8.73. The molecule has 0 aromatic heterocycles. The monoisotopic (exact) mass is 923 g/mol. The zero-order chi connectivity index (χ0) is 49.2. The highest BCUT2D eigenvalue weighted by Gasteiger charge is 2.25. The number of nitrogens with zero attached hydrogens (tertiary/aromatic N) is 1. The fourth-order valence-corrected chi connectivity index (χ4v) is 5.19. The number of hydrogen-bond acceptors (Lipinski definition) is 12. The second-order valence-electron chi connectivity index (χ2n) is 13.9. The molecule has 0 fully saturated rings. The number of amides is 1. The van der Waals surface area contributed by atoms with Crippen molar-refractivity contribution in [2.75, 3.05) is 34.5 Å². The van der Waals surface area contributed by atoms with Crippen LogP contribution in [0.5, 0.6) is 34.5 Å². The third kappa shape index (κ3) is 19.9. The minimum atomic E-state index is -4.64. The molecule has 1 amide bonds. The molecule has 6 rings (SSSR count). The Morgan fingerprint density at radius 2 is 0.910 bits per heavy atom. The number of rotatable bonds is 16. The van der Waals surface area contributed by atoms with Crippen LogP contribution in [0.3, 0.4) is 0 Å². The van der Waals surface area contributed by atoms with Gasteiger partial charge in [-0.15, -0.1) is 0 Å². The molecule has 0 aliphatic rings. The van der Waals surface area contributed by atoms with Crippen LogP contribution in [-0.4, -0.2) is 70.1 Å². The number of ether oxygens (including phenoxy) is 4. The average molecular weight is 924 g/mol. The lowest BCUT2D eigenvalue weighted by molar-refractivity contribution is -0.156. The van der Waals surface area contributed by atoms with Crippen molar-refractivity contribution in [3.8, 4) is 34.5 Å². The number of nitrogens with one attached hydrogen (secondary N) is 1. The van der Waals surface area contributed by atoms with Crippen LogP contribution in [0.25, 0.3) is 0 Å². The van der Waals surface area contributed by atoms with Gasteiger partial charge in [0.2, 0.25) is 6.29 Å². The van der Waals surface area contributed by atoms with Gasteiger partial charge in [0.15, 0.2) is 18.2 Å². The molecule has 0 unspecified atom stereocenters. The zero-order valence-electron chi connectivity index (χ0n) is 37.8. The molecular weight excluding hydrogens is 872 g/mol. The molecule has 0 aliphatic carbocycles. The molecule has 0 radical (unpaired) electrons. The van der Waals surface area contributed by atoms with Crippen molar-refractivity contribution >= 4 is 29.5 Å². The molecule has 13 nitrogen and oxygen atoms in total. The molecule has 6 aromatic carbocycles. The van der Waals surface area contributed by atoms with Gasteiger partial charge >= 0.3 is 6.18 Å². The van der Waals surface area contributed by atoms with Crippen LogP contribution in [0, 0.1) is 13.8 Å². The Hall–Kier alpha value is -7.82. The molecule has 16 heteroatoms. The minimum absolute atomic E-state index is 0.00555. The molecule has 0 saturated heterocycles. The number of carbonyl (C=O) groups excluding carboxylic acids is 4. The highest BCUT2D eigenvalue weighted by molar-refractivity contribution is 6.12. The first-order valence-electron chi connectivity index (χ1n) is 20.4. The first-order chi connectivity index (χ1) is 32.1. The van der Waals surface area contributed by atoms with E-state index in [0.29, 0.717) is 46.3 Å². The number of methoxy groups -OCH3 is 2. The van der Waals surface area contributed by atoms with E-state index < -0.39 is 12.5 Å². The summed E-state index contributed by atoms with van der Waals surface area (Å²) >= 11 is 0. The number of hydrogen-bond donors (Lipinski definition) is 2. The SMILES string of the molecule is CCC(=O)CON.CNC(=O)CO/N=C(/c1ccc(C)cc1)c1ccc(Oc2ccc(OC)cc2)cc1.COc1ccc(Oc2ccc(C(=O)c3ccc(C)cc3)cc2)cc1.O=CC(F)(F)F. The van der Waals surface area contributed by atoms with Gasteiger partial charge in [0.05, 0.1) is 14.2 Å². The Kier molecular flexibility index (Phi) is 22.5. The van der Waals surface area contributed by atoms with Crippen molar-refractivity contribution in [2.45, 2.75) is 33.4 Å². The summed E-state index contributed by atoms with van der Waals surface area (Å²) in [4.78, 5) is 52.1. The molecule has 352 valence electrons. The van der Waals surface area contributed by atoms with Crippen molar-refractivity contribution in [2.24, 2.45) is 11.1 Å². The number of aldehydes is 1. The Balaban J connectivity index is 0.000000285. The standard InChI is InChI=1S/C24H24N2O4.C21H18O3.C4H9NO2.C2HF3O/c1-17-4-6-18(7-5-17)24(26-29-16-23(27)25-2)19-8-10-21(11-9-19)30-22-14-12-20(28-3)13-15-22;1-15-3-5-16(6-4-15)21(22)17-7-9-19(10-8-17)24-20-13-11-18(23-2)12-14-20;1-2-4(6)3-7-5;3-2(4,5)1-6/h4-15H,16H2,1-3H3,(H,25,27);3-14H,1-2H3;2-3,5H2,1H3;1H/b26-24-;;;. The summed E-state index contributed by atoms with van der Waals surface area (Å²) in [6.07, 6.45) is -5.20. The molecule has 0 saturated carbocycles. The number of alkyl halides is 3. The first kappa shape index (κ1) is 53.5. The summed E-state index contributed by atoms with van der Waals surface area (Å²) in [7, 11) is 4.80. The number of likely N-dealkylation sites (N-methyl/N-ethyl adjacent to an activating group) is 1. The topological polar surface area (TPSA) is 174 Å². The Morgan fingerprint density at radius 3 is 1.22 bits per heavy atom. The van der Waals surface area contributed by atoms with Crippen LogP contribution < -0.4 is 30.2 Å². The molecule has 3 N–H and O–H groups in total. The van der Waals surface area contributed by atoms with E-state index in [0.717, 1.165) is 33.8 Å². The lowest BCUT2D eigenvalue weighted by Crippen LogP contribution is -2.22. The lowest BCUT2D eigenvalue weighted by atomic mass is 10.0. The van der Waals surface area contributed by atoms with Gasteiger partial charge in [-0.25, -0.2) is 5.90 Å². The number of aryl methyl sites for hydroxylation is 2. The predicted octanol–water partition coefficient (Wildman–Crippen LogP) is 9.94. The maximum Gasteiger partial charge on any atom is 0.446 e. The van der Waals surface area contributed by atoms with E-state index in [-0.39, 0.29) is 30.7 Å². The van der Waals surface area contributed by atoms with Crippen molar-refractivity contribution in [1.82, 2.24) is 5.32 Å². The molecular formula is C51H52F3N3O10. The molecule has 0 atom stereocenters. The van der Waals surface area contributed by atoms with Gasteiger partial charge in [-0.1, -0.05) is 71.7 Å². The molecule has 6 aromatic rings. The van der Waals surface area contributed by atoms with Crippen LogP contribution >= 0.6 is 0 Å². The van der Waals surface area contributed by atoms with Crippen molar-refractivity contribution in [1.29, 1.82) is 0 Å². The Labute approximate surface area is 387 Å². The average Bonchev–Trinajstić information content (AvgIpc) is 3.34. The van der Waals surface area contributed by atoms with E-state index in [1.807, 2.05) is 135 Å². The van der Waals surface area contributed by atoms with E-state index in [2.05, 4.69) is 21.2 Å². The van der Waals surface area contributed by atoms with Crippen LogP contribution in [0.4, 0.5) is 13.2 Å². The Bertz CT molecular complexity index is 2460. The molecule has 0 spiro atoms. The fraction of sp³-hybridized carbons (Fsp3) is 0.196. The summed E-state index contributed by atoms with van der Waals surface area (Å²) < 4.78 is 53.2. The lowest BCUT2D eigenvalue weighted by Gasteiger charge is -2.10. The van der Waals surface area contributed by atoms with Gasteiger partial charge in [-0.3, -0.25) is 24.0 Å². The second-order valence-corrected chi connectivity index (χ2v) is 13.9. The summed E-state index contributed by atoms with van der Waals surface area (Å²) in [5.41, 5.74) is 5.97. The van der Waals surface area contributed by atoms with Crippen LogP contribution in [0.15, 0.2) is 151 Å². The van der Waals surface area contributed by atoms with Crippen LogP contribution in [0.1, 0.15) is 51.5 Å². The molecule has 0 bridgehead atoms. The molecule has 67 heavy (non-hydrogen) atoms. The van der Waals surface area contributed by atoms with Crippen LogP contribution in [0.2, 0.25) is 0 Å². The highest BCUT2D eigenvalue weighted by Crippen LogP contribution is 2.26. The number of carbonyl (C=O) groups is 4. The van der Waals surface area contributed by atoms with E-state index in [1.165, 1.54) is 0 Å². The highest BCUT2D eigenvalue weighted by atomic mass is 19.4. The first-order valence-corrected chi connectivity index (χ1v) is 20.4. The van der Waals surface area contributed by atoms with Gasteiger partial charge < -0.3 is 29.1 Å². The van der Waals surface area contributed by atoms with Gasteiger partial charge in [-0.05, 0) is 111 Å². The number of benzene rings is 6. The molecule has 0 aliphatic heterocycles. The number of oxime groups is 1. The van der Waals surface area contributed by atoms with Gasteiger partial charge in [0.1, 0.15) is 46.8 Å². The normalized spacial score (nSPS) is 10.5. The molecule has 0 heterocycles. The third-order valence-electron chi connectivity index (χ3n) is 8.88. The second kappa shape index (κ2) is 28.2. The van der Waals surface area contributed by atoms with Crippen LogP contribution in [-0.2, 0) is 24.1 Å². The van der Waals surface area contributed by atoms with Gasteiger partial charge in [0.25, 0.3) is 5.91 Å². The summed E-state index contributed by atoms with van der Waals surface area (Å²) in [6, 6.07) is 44.9. The van der Waals surface area contributed by atoms with Crippen molar-refractivity contribution in [3.05, 3.63) is 179 Å². The third-order valence-corrected chi connectivity index (χ3v) is 8.88. The maximum absolute atomic E-state index is 12.4. The number of Topliss-reactive ketones (excluding diaryl/α,β-unsaturated/α-hetero) is 1. The Morgan fingerprint density at radius 1 is 0.582 bits per heavy atom. The van der Waals surface area contributed by atoms with Crippen molar-refractivity contribution < 1.29 is 61.0 Å².